The molecular formula is C13H26O5. The van der Waals surface area contributed by atoms with Crippen LogP contribution in [0.1, 0.15) is 45.4 Å². The molecular weight excluding hydrogens is 236 g/mol. The highest BCUT2D eigenvalue weighted by atomic mass is 16.8. The summed E-state index contributed by atoms with van der Waals surface area (Å²) >= 11 is 0. The van der Waals surface area contributed by atoms with E-state index in [1.54, 1.807) is 0 Å². The maximum atomic E-state index is 8.11. The Morgan fingerprint density at radius 2 is 1.50 bits per heavy atom. The van der Waals surface area contributed by atoms with E-state index < -0.39 is 6.10 Å². The van der Waals surface area contributed by atoms with Crippen LogP contribution >= 0.6 is 0 Å². The van der Waals surface area contributed by atoms with Crippen molar-refractivity contribution in [3.05, 3.63) is 0 Å². The summed E-state index contributed by atoms with van der Waals surface area (Å²) in [4.78, 5) is 0. The Labute approximate surface area is 109 Å². The molecule has 0 bridgehead atoms. The van der Waals surface area contributed by atoms with Crippen molar-refractivity contribution in [2.75, 3.05) is 19.8 Å². The van der Waals surface area contributed by atoms with E-state index in [1.807, 2.05) is 0 Å². The zero-order valence-corrected chi connectivity index (χ0v) is 11.2. The maximum Gasteiger partial charge on any atom is 0.160 e. The van der Waals surface area contributed by atoms with Crippen LogP contribution in [-0.2, 0) is 14.2 Å². The van der Waals surface area contributed by atoms with Crippen molar-refractivity contribution in [1.29, 1.82) is 0 Å². The molecule has 0 aromatic heterocycles. The van der Waals surface area contributed by atoms with Gasteiger partial charge in [-0.25, -0.2) is 0 Å². The summed E-state index contributed by atoms with van der Waals surface area (Å²) in [5.41, 5.74) is 0. The largest absolute Gasteiger partial charge is 0.394 e. The third-order valence-electron chi connectivity index (χ3n) is 2.84. The van der Waals surface area contributed by atoms with Gasteiger partial charge in [0.15, 0.2) is 12.6 Å². The molecule has 0 aromatic rings. The molecule has 0 saturated carbocycles. The minimum Gasteiger partial charge on any atom is -0.394 e. The molecule has 2 saturated heterocycles. The summed E-state index contributed by atoms with van der Waals surface area (Å²) in [6.45, 7) is 3.08. The smallest absolute Gasteiger partial charge is 0.160 e. The minimum atomic E-state index is -0.560. The predicted molar refractivity (Wildman–Crippen MR) is 67.0 cm³/mol. The molecule has 0 aromatic carbocycles. The quantitative estimate of drug-likeness (QED) is 0.805. The summed E-state index contributed by atoms with van der Waals surface area (Å²) in [5, 5.41) is 16.0. The fourth-order valence-electron chi connectivity index (χ4n) is 1.81. The van der Waals surface area contributed by atoms with Crippen LogP contribution in [0.4, 0.5) is 0 Å². The number of ether oxygens (including phenoxy) is 3. The van der Waals surface area contributed by atoms with Crippen LogP contribution < -0.4 is 0 Å². The molecule has 0 amide bonds. The summed E-state index contributed by atoms with van der Waals surface area (Å²) in [6.07, 6.45) is 6.27. The molecule has 5 heteroatoms. The Morgan fingerprint density at radius 3 is 1.78 bits per heavy atom. The van der Waals surface area contributed by atoms with Gasteiger partial charge in [0.2, 0.25) is 0 Å². The first-order valence-electron chi connectivity index (χ1n) is 6.90. The number of hydrogen-bond acceptors (Lipinski definition) is 5. The van der Waals surface area contributed by atoms with E-state index in [4.69, 9.17) is 24.4 Å². The fraction of sp³-hybridized carbons (Fsp3) is 1.00. The van der Waals surface area contributed by atoms with E-state index in [2.05, 4.69) is 0 Å². The molecule has 2 aliphatic rings. The summed E-state index contributed by atoms with van der Waals surface area (Å²) in [7, 11) is 0. The van der Waals surface area contributed by atoms with Crippen molar-refractivity contribution >= 4 is 0 Å². The zero-order chi connectivity index (χ0) is 13.2. The molecule has 2 aliphatic heterocycles. The molecule has 108 valence electrons. The zero-order valence-electron chi connectivity index (χ0n) is 11.2. The van der Waals surface area contributed by atoms with Gasteiger partial charge in [-0.1, -0.05) is 0 Å². The van der Waals surface area contributed by atoms with Gasteiger partial charge in [-0.05, 0) is 45.4 Å². The first-order valence-corrected chi connectivity index (χ1v) is 6.90. The van der Waals surface area contributed by atoms with E-state index in [-0.39, 0.29) is 19.2 Å². The molecule has 2 N–H and O–H groups in total. The normalized spacial score (nSPS) is 30.2. The molecule has 2 fully saturated rings. The first-order chi connectivity index (χ1) is 8.72. The SMILES string of the molecule is C1CCC(OC2CCCCO2)OC1.CC(O)CO. The second-order valence-electron chi connectivity index (χ2n) is 4.76. The highest BCUT2D eigenvalue weighted by Gasteiger charge is 2.21. The lowest BCUT2D eigenvalue weighted by Gasteiger charge is -2.29. The third kappa shape index (κ3) is 7.28. The molecule has 2 rings (SSSR count). The Kier molecular flexibility index (Phi) is 8.54. The van der Waals surface area contributed by atoms with Crippen LogP contribution in [0.2, 0.25) is 0 Å². The van der Waals surface area contributed by atoms with Crippen molar-refractivity contribution in [1.82, 2.24) is 0 Å². The van der Waals surface area contributed by atoms with Crippen molar-refractivity contribution in [3.8, 4) is 0 Å². The van der Waals surface area contributed by atoms with Crippen LogP contribution in [0.25, 0.3) is 0 Å². The lowest BCUT2D eigenvalue weighted by molar-refractivity contribution is -0.264. The molecule has 18 heavy (non-hydrogen) atoms. The Hall–Kier alpha value is -0.200. The average Bonchev–Trinajstić information content (AvgIpc) is 2.42. The van der Waals surface area contributed by atoms with Gasteiger partial charge in [0.05, 0.1) is 12.7 Å². The second kappa shape index (κ2) is 9.69. The third-order valence-corrected chi connectivity index (χ3v) is 2.84. The van der Waals surface area contributed by atoms with Gasteiger partial charge in [-0.15, -0.1) is 0 Å². The average molecular weight is 262 g/mol. The van der Waals surface area contributed by atoms with E-state index >= 15 is 0 Å². The number of aliphatic hydroxyl groups excluding tert-OH is 2. The van der Waals surface area contributed by atoms with Gasteiger partial charge in [0.25, 0.3) is 0 Å². The number of aliphatic hydroxyl groups is 2. The van der Waals surface area contributed by atoms with Crippen LogP contribution in [0.3, 0.4) is 0 Å². The van der Waals surface area contributed by atoms with Crippen molar-refractivity contribution in [3.63, 3.8) is 0 Å². The number of rotatable bonds is 3. The molecule has 0 radical (unpaired) electrons. The van der Waals surface area contributed by atoms with Gasteiger partial charge in [0.1, 0.15) is 0 Å². The van der Waals surface area contributed by atoms with Crippen LogP contribution in [0, 0.1) is 0 Å². The van der Waals surface area contributed by atoms with Gasteiger partial charge in [-0.2, -0.15) is 0 Å². The highest BCUT2D eigenvalue weighted by Crippen LogP contribution is 2.20. The van der Waals surface area contributed by atoms with Crippen LogP contribution in [-0.4, -0.2) is 48.7 Å². The molecule has 3 unspecified atom stereocenters. The Bertz CT molecular complexity index is 170. The van der Waals surface area contributed by atoms with Crippen LogP contribution in [0.5, 0.6) is 0 Å². The molecule has 3 atom stereocenters. The lowest BCUT2D eigenvalue weighted by atomic mass is 10.2. The van der Waals surface area contributed by atoms with Gasteiger partial charge < -0.3 is 24.4 Å². The number of hydrogen-bond donors (Lipinski definition) is 2. The topological polar surface area (TPSA) is 68.2 Å². The maximum absolute atomic E-state index is 8.11. The van der Waals surface area contributed by atoms with E-state index in [9.17, 15) is 0 Å². The molecule has 5 nitrogen and oxygen atoms in total. The van der Waals surface area contributed by atoms with Crippen molar-refractivity contribution < 1.29 is 24.4 Å². The van der Waals surface area contributed by atoms with E-state index in [0.29, 0.717) is 0 Å². The fourth-order valence-corrected chi connectivity index (χ4v) is 1.81. The molecule has 2 heterocycles. The van der Waals surface area contributed by atoms with E-state index in [1.165, 1.54) is 32.6 Å². The van der Waals surface area contributed by atoms with E-state index in [0.717, 1.165) is 26.1 Å². The second-order valence-corrected chi connectivity index (χ2v) is 4.76. The first kappa shape index (κ1) is 15.9. The van der Waals surface area contributed by atoms with Crippen molar-refractivity contribution in [2.24, 2.45) is 0 Å². The predicted octanol–water partition coefficient (Wildman–Crippen LogP) is 1.42. The Morgan fingerprint density at radius 1 is 1.06 bits per heavy atom. The van der Waals surface area contributed by atoms with Gasteiger partial charge in [-0.3, -0.25) is 0 Å². The monoisotopic (exact) mass is 262 g/mol. The van der Waals surface area contributed by atoms with Gasteiger partial charge >= 0.3 is 0 Å². The van der Waals surface area contributed by atoms with Crippen molar-refractivity contribution in [2.45, 2.75) is 64.1 Å². The molecule has 0 spiro atoms. The minimum absolute atomic E-state index is 0.00292. The summed E-state index contributed by atoms with van der Waals surface area (Å²) < 4.78 is 16.6. The summed E-state index contributed by atoms with van der Waals surface area (Å²) in [5.74, 6) is 0. The standard InChI is InChI=1S/C10H18O3.C3H8O2/c1-3-7-11-9(5-1)13-10-6-2-4-8-12-10;1-3(5)2-4/h9-10H,1-8H2;3-5H,2H2,1H3. The summed E-state index contributed by atoms with van der Waals surface area (Å²) in [6, 6.07) is 0. The highest BCUT2D eigenvalue weighted by molar-refractivity contribution is 4.58. The van der Waals surface area contributed by atoms with Crippen LogP contribution in [0.15, 0.2) is 0 Å². The Balaban J connectivity index is 0.000000280. The van der Waals surface area contributed by atoms with Gasteiger partial charge in [0, 0.05) is 13.2 Å². The lowest BCUT2D eigenvalue weighted by Crippen LogP contribution is -2.31. The molecule has 0 aliphatic carbocycles.